The number of carbonyl (C=O) groups excluding carboxylic acids is 1. The fourth-order valence-corrected chi connectivity index (χ4v) is 1.01. The van der Waals surface area contributed by atoms with E-state index in [1.807, 2.05) is 6.92 Å². The van der Waals surface area contributed by atoms with Crippen LogP contribution in [0.2, 0.25) is 0 Å². The highest BCUT2D eigenvalue weighted by atomic mass is 19.1. The van der Waals surface area contributed by atoms with Crippen LogP contribution in [0, 0.1) is 5.82 Å². The van der Waals surface area contributed by atoms with Crippen molar-refractivity contribution in [3.05, 3.63) is 47.8 Å². The van der Waals surface area contributed by atoms with Gasteiger partial charge in [-0.05, 0) is 30.7 Å². The fourth-order valence-electron chi connectivity index (χ4n) is 1.01. The van der Waals surface area contributed by atoms with Gasteiger partial charge in [0.15, 0.2) is 0 Å². The monoisotopic (exact) mass is 298 g/mol. The van der Waals surface area contributed by atoms with Crippen LogP contribution in [0.15, 0.2) is 36.4 Å². The van der Waals surface area contributed by atoms with E-state index in [1.54, 1.807) is 0 Å². The maximum atomic E-state index is 12.4. The molecule has 0 fully saturated rings. The Kier molecular flexibility index (Phi) is 8.83. The maximum absolute atomic E-state index is 12.4. The van der Waals surface area contributed by atoms with Gasteiger partial charge in [0.05, 0.1) is 12.2 Å². The SMILES string of the molecule is CCCOC(=O)c1ccc(F)cc1.O=C(O)/C=C\C(=O)O. The van der Waals surface area contributed by atoms with Gasteiger partial charge in [-0.2, -0.15) is 0 Å². The molecule has 0 aliphatic carbocycles. The lowest BCUT2D eigenvalue weighted by Crippen LogP contribution is -2.05. The van der Waals surface area contributed by atoms with Crippen LogP contribution < -0.4 is 0 Å². The van der Waals surface area contributed by atoms with Crippen LogP contribution >= 0.6 is 0 Å². The van der Waals surface area contributed by atoms with Gasteiger partial charge in [0.1, 0.15) is 5.82 Å². The van der Waals surface area contributed by atoms with Crippen molar-refractivity contribution in [3.63, 3.8) is 0 Å². The van der Waals surface area contributed by atoms with Crippen LogP contribution in [-0.4, -0.2) is 34.7 Å². The first-order valence-corrected chi connectivity index (χ1v) is 5.93. The first-order chi connectivity index (χ1) is 9.86. The molecule has 0 radical (unpaired) electrons. The van der Waals surface area contributed by atoms with Gasteiger partial charge in [0, 0.05) is 12.2 Å². The Labute approximate surface area is 120 Å². The summed E-state index contributed by atoms with van der Waals surface area (Å²) in [6.07, 6.45) is 1.90. The summed E-state index contributed by atoms with van der Waals surface area (Å²) < 4.78 is 17.3. The minimum absolute atomic E-state index is 0.355. The Balaban J connectivity index is 0.000000433. The third-order valence-corrected chi connectivity index (χ3v) is 1.89. The molecule has 0 saturated heterocycles. The van der Waals surface area contributed by atoms with Crippen LogP contribution in [0.1, 0.15) is 23.7 Å². The van der Waals surface area contributed by atoms with Crippen molar-refractivity contribution in [2.75, 3.05) is 6.61 Å². The molecule has 6 nitrogen and oxygen atoms in total. The Morgan fingerprint density at radius 3 is 1.95 bits per heavy atom. The molecule has 1 aromatic carbocycles. The summed E-state index contributed by atoms with van der Waals surface area (Å²) in [5.41, 5.74) is 0.384. The number of esters is 1. The van der Waals surface area contributed by atoms with Crippen LogP contribution in [0.5, 0.6) is 0 Å². The van der Waals surface area contributed by atoms with Gasteiger partial charge < -0.3 is 14.9 Å². The van der Waals surface area contributed by atoms with Gasteiger partial charge in [0.25, 0.3) is 0 Å². The molecule has 0 spiro atoms. The van der Waals surface area contributed by atoms with E-state index in [2.05, 4.69) is 0 Å². The molecule has 0 aromatic heterocycles. The Morgan fingerprint density at radius 1 is 1.10 bits per heavy atom. The smallest absolute Gasteiger partial charge is 0.338 e. The molecule has 0 saturated carbocycles. The highest BCUT2D eigenvalue weighted by Gasteiger charge is 2.05. The van der Waals surface area contributed by atoms with Crippen molar-refractivity contribution in [2.24, 2.45) is 0 Å². The number of aliphatic carboxylic acids is 2. The summed E-state index contributed by atoms with van der Waals surface area (Å²) in [4.78, 5) is 30.3. The standard InChI is InChI=1S/C10H11FO2.C4H4O4/c1-2-7-13-10(12)8-3-5-9(11)6-4-8;5-3(6)1-2-4(7)8/h3-6H,2,7H2,1H3;1-2H,(H,5,6)(H,7,8)/b;2-1-. The van der Waals surface area contributed by atoms with Gasteiger partial charge in [-0.1, -0.05) is 6.92 Å². The van der Waals surface area contributed by atoms with Crippen molar-refractivity contribution >= 4 is 17.9 Å². The number of benzene rings is 1. The van der Waals surface area contributed by atoms with Gasteiger partial charge in [-0.15, -0.1) is 0 Å². The number of rotatable bonds is 5. The van der Waals surface area contributed by atoms with Crippen molar-refractivity contribution < 1.29 is 33.7 Å². The number of carbonyl (C=O) groups is 3. The topological polar surface area (TPSA) is 101 Å². The van der Waals surface area contributed by atoms with E-state index in [0.717, 1.165) is 6.42 Å². The van der Waals surface area contributed by atoms with Gasteiger partial charge in [-0.3, -0.25) is 0 Å². The second-order valence-electron chi connectivity index (χ2n) is 3.65. The number of hydrogen-bond acceptors (Lipinski definition) is 4. The minimum atomic E-state index is -1.26. The molecule has 2 N–H and O–H groups in total. The lowest BCUT2D eigenvalue weighted by molar-refractivity contribution is -0.134. The predicted octanol–water partition coefficient (Wildman–Crippen LogP) is 2.10. The summed E-state index contributed by atoms with van der Waals surface area (Å²) in [6.45, 7) is 2.31. The van der Waals surface area contributed by atoms with E-state index < -0.39 is 17.9 Å². The zero-order chi connectivity index (χ0) is 16.3. The lowest BCUT2D eigenvalue weighted by Gasteiger charge is -2.01. The fraction of sp³-hybridized carbons (Fsp3) is 0.214. The largest absolute Gasteiger partial charge is 0.478 e. The molecule has 0 unspecified atom stereocenters. The average Bonchev–Trinajstić information content (AvgIpc) is 2.44. The Bertz CT molecular complexity index is 491. The molecule has 0 bridgehead atoms. The molecular weight excluding hydrogens is 283 g/mol. The van der Waals surface area contributed by atoms with E-state index >= 15 is 0 Å². The van der Waals surface area contributed by atoms with Crippen LogP contribution in [-0.2, 0) is 14.3 Å². The molecule has 0 aliphatic heterocycles. The third kappa shape index (κ3) is 9.83. The number of halogens is 1. The lowest BCUT2D eigenvalue weighted by atomic mass is 10.2. The van der Waals surface area contributed by atoms with Crippen molar-refractivity contribution in [2.45, 2.75) is 13.3 Å². The zero-order valence-electron chi connectivity index (χ0n) is 11.3. The molecule has 7 heteroatoms. The van der Waals surface area contributed by atoms with E-state index in [1.165, 1.54) is 24.3 Å². The molecule has 0 aliphatic rings. The second-order valence-corrected chi connectivity index (χ2v) is 3.65. The number of carboxylic acids is 2. The third-order valence-electron chi connectivity index (χ3n) is 1.89. The molecular formula is C14H15FO6. The average molecular weight is 298 g/mol. The highest BCUT2D eigenvalue weighted by Crippen LogP contribution is 2.04. The van der Waals surface area contributed by atoms with Crippen LogP contribution in [0.4, 0.5) is 4.39 Å². The number of carboxylic acid groups (broad SMARTS) is 2. The summed E-state index contributed by atoms with van der Waals surface area (Å²) in [5.74, 6) is -3.27. The van der Waals surface area contributed by atoms with E-state index in [0.29, 0.717) is 24.3 Å². The normalized spacial score (nSPS) is 9.62. The zero-order valence-corrected chi connectivity index (χ0v) is 11.3. The second kappa shape index (κ2) is 10.1. The highest BCUT2D eigenvalue weighted by molar-refractivity contribution is 5.89. The molecule has 1 rings (SSSR count). The maximum Gasteiger partial charge on any atom is 0.338 e. The van der Waals surface area contributed by atoms with Gasteiger partial charge in [0.2, 0.25) is 0 Å². The summed E-state index contributed by atoms with van der Waals surface area (Å²) >= 11 is 0. The molecule has 114 valence electrons. The summed E-state index contributed by atoms with van der Waals surface area (Å²) in [6, 6.07) is 5.30. The van der Waals surface area contributed by atoms with Crippen molar-refractivity contribution in [1.29, 1.82) is 0 Å². The molecule has 0 atom stereocenters. The van der Waals surface area contributed by atoms with Gasteiger partial charge >= 0.3 is 17.9 Å². The molecule has 21 heavy (non-hydrogen) atoms. The number of hydrogen-bond donors (Lipinski definition) is 2. The Morgan fingerprint density at radius 2 is 1.57 bits per heavy atom. The minimum Gasteiger partial charge on any atom is -0.478 e. The van der Waals surface area contributed by atoms with Crippen molar-refractivity contribution in [3.8, 4) is 0 Å². The van der Waals surface area contributed by atoms with E-state index in [9.17, 15) is 18.8 Å². The summed E-state index contributed by atoms with van der Waals surface area (Å²) in [7, 11) is 0. The Hall–Kier alpha value is -2.70. The first kappa shape index (κ1) is 18.3. The van der Waals surface area contributed by atoms with Gasteiger partial charge in [-0.25, -0.2) is 18.8 Å². The van der Waals surface area contributed by atoms with E-state index in [-0.39, 0.29) is 5.82 Å². The molecule has 0 heterocycles. The van der Waals surface area contributed by atoms with Crippen LogP contribution in [0.3, 0.4) is 0 Å². The molecule has 0 amide bonds. The quantitative estimate of drug-likeness (QED) is 0.637. The van der Waals surface area contributed by atoms with Crippen molar-refractivity contribution in [1.82, 2.24) is 0 Å². The summed E-state index contributed by atoms with van der Waals surface area (Å²) in [5, 5.41) is 15.6. The van der Waals surface area contributed by atoms with E-state index in [4.69, 9.17) is 14.9 Å². The molecule has 1 aromatic rings. The predicted molar refractivity (Wildman–Crippen MR) is 71.4 cm³/mol. The number of ether oxygens (including phenoxy) is 1. The van der Waals surface area contributed by atoms with Crippen LogP contribution in [0.25, 0.3) is 0 Å². The first-order valence-electron chi connectivity index (χ1n) is 5.93.